The maximum absolute atomic E-state index is 7.00. The average molecular weight is 175 g/mol. The summed E-state index contributed by atoms with van der Waals surface area (Å²) in [6, 6.07) is 0. The van der Waals surface area contributed by atoms with Crippen LogP contribution in [0.2, 0.25) is 0 Å². The molecule has 0 saturated heterocycles. The maximum atomic E-state index is 7.00. The predicted molar refractivity (Wildman–Crippen MR) is 42.5 cm³/mol. The Balaban J connectivity index is -0.0000000337. The van der Waals surface area contributed by atoms with Gasteiger partial charge in [-0.15, -0.1) is 6.42 Å². The first-order valence-corrected chi connectivity index (χ1v) is 2.16. The van der Waals surface area contributed by atoms with Gasteiger partial charge in [-0.05, 0) is 0 Å². The van der Waals surface area contributed by atoms with Crippen LogP contribution in [0.4, 0.5) is 0 Å². The van der Waals surface area contributed by atoms with Crippen LogP contribution in [0, 0.1) is 20.9 Å². The van der Waals surface area contributed by atoms with E-state index >= 15 is 0 Å². The van der Waals surface area contributed by atoms with E-state index in [4.69, 9.17) is 5.11 Å². The second kappa shape index (κ2) is 22.9. The molecule has 0 atom stereocenters. The molecule has 1 aliphatic carbocycles. The minimum Gasteiger partial charge on any atom is -0.400 e. The third kappa shape index (κ3) is 15.7. The molecule has 0 aromatic heterocycles. The molecule has 0 amide bonds. The predicted octanol–water partition coefficient (Wildman–Crippen LogP) is 1.81. The van der Waals surface area contributed by atoms with E-state index in [1.165, 1.54) is 0 Å². The molecule has 1 rings (SSSR count). The molecule has 0 aromatic rings. The van der Waals surface area contributed by atoms with Crippen molar-refractivity contribution in [2.45, 2.75) is 6.42 Å². The van der Waals surface area contributed by atoms with Crippen LogP contribution in [0.25, 0.3) is 0 Å². The van der Waals surface area contributed by atoms with Gasteiger partial charge in [-0.25, -0.2) is 12.2 Å². The van der Waals surface area contributed by atoms with Gasteiger partial charge in [0.2, 0.25) is 0 Å². The summed E-state index contributed by atoms with van der Waals surface area (Å²) in [6.45, 7) is 0. The van der Waals surface area contributed by atoms with Gasteiger partial charge in [-0.2, -0.15) is 6.08 Å². The molecule has 0 fully saturated rings. The molecule has 0 unspecified atom stereocenters. The summed E-state index contributed by atoms with van der Waals surface area (Å²) in [4.78, 5) is 0. The molecule has 1 radical (unpaired) electrons. The molecule has 0 aliphatic heterocycles. The van der Waals surface area contributed by atoms with Crippen molar-refractivity contribution >= 4 is 0 Å². The summed E-state index contributed by atoms with van der Waals surface area (Å²) in [6.07, 6.45) is 10.0. The Kier molecular flexibility index (Phi) is 51.5. The van der Waals surface area contributed by atoms with Gasteiger partial charge in [0.25, 0.3) is 0 Å². The summed E-state index contributed by atoms with van der Waals surface area (Å²) in [5.41, 5.74) is 0. The largest absolute Gasteiger partial charge is 3.00 e. The first-order valence-electron chi connectivity index (χ1n) is 2.16. The van der Waals surface area contributed by atoms with Crippen LogP contribution in [-0.2, 0) is 21.7 Å². The number of hydrogen-bond donors (Lipinski definition) is 1. The molecule has 57 valence electrons. The third-order valence-corrected chi connectivity index (χ3v) is 0.586. The molecule has 0 saturated carbocycles. The normalized spacial score (nSPS) is 9.40. The number of aliphatic hydroxyl groups excluding tert-OH is 1. The first kappa shape index (κ1) is 22.5. The standard InChI is InChI=1S/C5H5.CH4O.2CH3.Ti/c1-2-4-5-3-1;1-2;;;/h1-3H,4H2;2H,1H3;2*1H3;/q-1;;2*-1;+3. The average Bonchev–Trinajstić information content (AvgIpc) is 2.23. The van der Waals surface area contributed by atoms with Crippen LogP contribution < -0.4 is 0 Å². The molecule has 0 heterocycles. The minimum atomic E-state index is 0. The molecule has 10 heavy (non-hydrogen) atoms. The van der Waals surface area contributed by atoms with Crippen LogP contribution in [0.15, 0.2) is 18.2 Å². The topological polar surface area (TPSA) is 20.2 Å². The zero-order chi connectivity index (χ0) is 5.54. The Hall–Kier alpha value is 0.154. The Labute approximate surface area is 79.7 Å². The van der Waals surface area contributed by atoms with Gasteiger partial charge in [0.1, 0.15) is 0 Å². The van der Waals surface area contributed by atoms with E-state index in [1.54, 1.807) is 0 Å². The number of aliphatic hydroxyl groups is 1. The van der Waals surface area contributed by atoms with Crippen molar-refractivity contribution in [1.82, 2.24) is 0 Å². The fourth-order valence-corrected chi connectivity index (χ4v) is 0.340. The van der Waals surface area contributed by atoms with Gasteiger partial charge in [-0.3, -0.25) is 6.08 Å². The van der Waals surface area contributed by atoms with E-state index in [2.05, 4.69) is 12.2 Å². The van der Waals surface area contributed by atoms with E-state index < -0.39 is 0 Å². The maximum Gasteiger partial charge on any atom is 3.00 e. The van der Waals surface area contributed by atoms with Crippen LogP contribution in [0.5, 0.6) is 0 Å². The third-order valence-electron chi connectivity index (χ3n) is 0.586. The summed E-state index contributed by atoms with van der Waals surface area (Å²) in [5.74, 6) is 0. The van der Waals surface area contributed by atoms with Crippen molar-refractivity contribution < 1.29 is 26.8 Å². The molecular weight excluding hydrogens is 160 g/mol. The van der Waals surface area contributed by atoms with Gasteiger partial charge >= 0.3 is 21.7 Å². The summed E-state index contributed by atoms with van der Waals surface area (Å²) in [5, 5.41) is 7.00. The number of allylic oxidation sites excluding steroid dienone is 4. The Morgan fingerprint density at radius 2 is 1.80 bits per heavy atom. The van der Waals surface area contributed by atoms with Gasteiger partial charge in [0.15, 0.2) is 0 Å². The Morgan fingerprint density at radius 1 is 1.30 bits per heavy atom. The Bertz CT molecular complexity index is 67.3. The molecule has 1 nitrogen and oxygen atoms in total. The van der Waals surface area contributed by atoms with E-state index in [1.807, 2.05) is 12.2 Å². The van der Waals surface area contributed by atoms with Gasteiger partial charge in [0.05, 0.1) is 0 Å². The summed E-state index contributed by atoms with van der Waals surface area (Å²) in [7, 11) is 1.00. The van der Waals surface area contributed by atoms with Crippen LogP contribution in [0.3, 0.4) is 0 Å². The Morgan fingerprint density at radius 3 is 1.90 bits per heavy atom. The smallest absolute Gasteiger partial charge is 0.400 e. The first-order chi connectivity index (χ1) is 3.50. The monoisotopic (exact) mass is 175 g/mol. The minimum absolute atomic E-state index is 0. The van der Waals surface area contributed by atoms with E-state index in [0.29, 0.717) is 0 Å². The molecule has 1 N–H and O–H groups in total. The van der Waals surface area contributed by atoms with Crippen LogP contribution >= 0.6 is 0 Å². The number of hydrogen-bond acceptors (Lipinski definition) is 1. The number of rotatable bonds is 0. The molecule has 0 spiro atoms. The van der Waals surface area contributed by atoms with Gasteiger partial charge in [0, 0.05) is 7.11 Å². The quantitative estimate of drug-likeness (QED) is 0.439. The summed E-state index contributed by atoms with van der Waals surface area (Å²) >= 11 is 0. The van der Waals surface area contributed by atoms with Crippen LogP contribution in [-0.4, -0.2) is 12.2 Å². The molecular formula is C8H15OTi. The molecule has 0 bridgehead atoms. The van der Waals surface area contributed by atoms with Gasteiger partial charge < -0.3 is 20.0 Å². The van der Waals surface area contributed by atoms with Crippen molar-refractivity contribution in [3.63, 3.8) is 0 Å². The van der Waals surface area contributed by atoms with E-state index in [9.17, 15) is 0 Å². The van der Waals surface area contributed by atoms with Crippen molar-refractivity contribution in [2.24, 2.45) is 0 Å². The molecule has 0 aromatic carbocycles. The summed E-state index contributed by atoms with van der Waals surface area (Å²) < 4.78 is 0. The SMILES string of the molecule is CO.[C-]1=CC=CC1.[CH3-].[CH3-].[Ti+3]. The second-order valence-corrected chi connectivity index (χ2v) is 1.00. The van der Waals surface area contributed by atoms with E-state index in [-0.39, 0.29) is 36.6 Å². The van der Waals surface area contributed by atoms with Crippen molar-refractivity contribution in [2.75, 3.05) is 7.11 Å². The zero-order valence-corrected chi connectivity index (χ0v) is 8.45. The van der Waals surface area contributed by atoms with Crippen LogP contribution in [0.1, 0.15) is 6.42 Å². The second-order valence-electron chi connectivity index (χ2n) is 1.00. The van der Waals surface area contributed by atoms with Crippen molar-refractivity contribution in [3.8, 4) is 0 Å². The zero-order valence-electron chi connectivity index (χ0n) is 6.89. The fourth-order valence-electron chi connectivity index (χ4n) is 0.340. The van der Waals surface area contributed by atoms with Gasteiger partial charge in [-0.1, -0.05) is 0 Å². The molecule has 2 heteroatoms. The molecule has 1 aliphatic rings. The fraction of sp³-hybridized carbons (Fsp3) is 0.250. The van der Waals surface area contributed by atoms with Crippen molar-refractivity contribution in [3.05, 3.63) is 39.2 Å². The van der Waals surface area contributed by atoms with E-state index in [0.717, 1.165) is 13.5 Å². The van der Waals surface area contributed by atoms with Crippen molar-refractivity contribution in [1.29, 1.82) is 0 Å².